The van der Waals surface area contributed by atoms with Gasteiger partial charge >= 0.3 is 0 Å². The minimum Gasteiger partial charge on any atom is -0.392 e. The van der Waals surface area contributed by atoms with E-state index >= 15 is 0 Å². The Morgan fingerprint density at radius 2 is 0.904 bits per heavy atom. The molecule has 3 N–H and O–H groups in total. The normalized spacial score (nSPS) is 12.1. The number of H-pyrrole nitrogens is 2. The van der Waals surface area contributed by atoms with Crippen LogP contribution < -0.4 is 0 Å². The molecular formula is C46H40N4O2. The van der Waals surface area contributed by atoms with Crippen molar-refractivity contribution >= 4 is 52.7 Å². The molecule has 0 unspecified atom stereocenters. The van der Waals surface area contributed by atoms with Gasteiger partial charge in [-0.25, -0.2) is 9.97 Å². The van der Waals surface area contributed by atoms with E-state index < -0.39 is 0 Å². The van der Waals surface area contributed by atoms with Crippen molar-refractivity contribution in [3.63, 3.8) is 0 Å². The molecule has 52 heavy (non-hydrogen) atoms. The standard InChI is InChI=1S/C46H40N4O2/c1-25-19-27(3)42(28(4)20-25)45-38-13-11-34(47-38)33(24-52)35-12-14-39(48-35)46(43-29(5)21-26(2)22-30(43)6)41-18-16-37(50-41)44(36-15-17-40(45)49-36)32-9-7-31(23-51)8-10-32/h7-22,24,49-51H,23H2,1-6H3. The van der Waals surface area contributed by atoms with Gasteiger partial charge in [0.25, 0.3) is 0 Å². The summed E-state index contributed by atoms with van der Waals surface area (Å²) in [5, 5.41) is 9.85. The number of nitrogens with one attached hydrogen (secondary N) is 2. The molecule has 0 saturated heterocycles. The van der Waals surface area contributed by atoms with E-state index in [9.17, 15) is 9.90 Å². The number of aryl methyl sites for hydroxylation is 6. The summed E-state index contributed by atoms with van der Waals surface area (Å²) in [4.78, 5) is 30.7. The van der Waals surface area contributed by atoms with Crippen LogP contribution in [0, 0.1) is 41.5 Å². The Labute approximate surface area is 303 Å². The van der Waals surface area contributed by atoms with Crippen LogP contribution in [-0.4, -0.2) is 31.3 Å². The molecule has 256 valence electrons. The van der Waals surface area contributed by atoms with E-state index in [0.717, 1.165) is 101 Å². The first kappa shape index (κ1) is 33.1. The lowest BCUT2D eigenvalue weighted by molar-refractivity contribution is 0.112. The van der Waals surface area contributed by atoms with Gasteiger partial charge in [0.05, 0.1) is 34.9 Å². The number of carbonyl (C=O) groups is 1. The Kier molecular flexibility index (Phi) is 8.20. The molecule has 0 amide bonds. The molecule has 2 aliphatic rings. The first-order valence-corrected chi connectivity index (χ1v) is 17.6. The van der Waals surface area contributed by atoms with E-state index in [1.54, 1.807) is 0 Å². The van der Waals surface area contributed by atoms with E-state index in [1.807, 2.05) is 36.4 Å². The second kappa shape index (κ2) is 12.9. The SMILES string of the molecule is Cc1cc(C)c(-c2c3nc(c(C=O)c4nc(c(-c5c(C)cc(C)cc5C)c5ccc([nH]5)c(-c5ccc(CO)cc5)c5ccc2[nH]5)C=C4)C=C3)c(C)c1. The third-order valence-corrected chi connectivity index (χ3v) is 10.2. The first-order chi connectivity index (χ1) is 25.1. The number of aliphatic hydroxyl groups excluding tert-OH is 1. The summed E-state index contributed by atoms with van der Waals surface area (Å²) in [6.07, 6.45) is 8.71. The van der Waals surface area contributed by atoms with Crippen LogP contribution in [0.4, 0.5) is 0 Å². The van der Waals surface area contributed by atoms with E-state index in [2.05, 4.69) is 112 Å². The number of fused-ring (bicyclic) bond motifs is 8. The van der Waals surface area contributed by atoms with Crippen molar-refractivity contribution in [3.8, 4) is 33.4 Å². The summed E-state index contributed by atoms with van der Waals surface area (Å²) in [6.45, 7) is 12.8. The second-order valence-corrected chi connectivity index (χ2v) is 14.1. The third kappa shape index (κ3) is 5.62. The zero-order valence-corrected chi connectivity index (χ0v) is 30.3. The Morgan fingerprint density at radius 1 is 0.519 bits per heavy atom. The molecule has 3 aromatic carbocycles. The number of rotatable bonds is 5. The Bertz CT molecular complexity index is 2480. The number of aldehydes is 1. The van der Waals surface area contributed by atoms with Gasteiger partial charge in [-0.05, 0) is 135 Å². The van der Waals surface area contributed by atoms with E-state index in [4.69, 9.17) is 9.97 Å². The van der Waals surface area contributed by atoms with Crippen molar-refractivity contribution < 1.29 is 9.90 Å². The predicted molar refractivity (Wildman–Crippen MR) is 215 cm³/mol. The molecule has 8 rings (SSSR count). The van der Waals surface area contributed by atoms with Crippen molar-refractivity contribution in [2.45, 2.75) is 48.1 Å². The van der Waals surface area contributed by atoms with Gasteiger partial charge in [0.2, 0.25) is 0 Å². The maximum atomic E-state index is 12.9. The summed E-state index contributed by atoms with van der Waals surface area (Å²) in [7, 11) is 0. The summed E-state index contributed by atoms with van der Waals surface area (Å²) >= 11 is 0. The zero-order valence-electron chi connectivity index (χ0n) is 30.3. The number of nitrogens with zero attached hydrogens (tertiary/aromatic N) is 2. The molecule has 0 spiro atoms. The van der Waals surface area contributed by atoms with Crippen LogP contribution >= 0.6 is 0 Å². The van der Waals surface area contributed by atoms with E-state index in [-0.39, 0.29) is 6.61 Å². The van der Waals surface area contributed by atoms with Gasteiger partial charge < -0.3 is 15.1 Å². The number of benzene rings is 3. The first-order valence-electron chi connectivity index (χ1n) is 17.6. The highest BCUT2D eigenvalue weighted by Crippen LogP contribution is 2.39. The largest absolute Gasteiger partial charge is 0.392 e. The number of hydrogen-bond donors (Lipinski definition) is 3. The highest BCUT2D eigenvalue weighted by molar-refractivity contribution is 6.01. The zero-order chi connectivity index (χ0) is 36.3. The molecule has 3 aromatic heterocycles. The smallest absolute Gasteiger partial charge is 0.154 e. The van der Waals surface area contributed by atoms with Crippen LogP contribution in [0.5, 0.6) is 0 Å². The van der Waals surface area contributed by atoms with Crippen molar-refractivity contribution in [2.75, 3.05) is 0 Å². The van der Waals surface area contributed by atoms with Gasteiger partial charge in [-0.15, -0.1) is 0 Å². The second-order valence-electron chi connectivity index (χ2n) is 14.1. The monoisotopic (exact) mass is 680 g/mol. The van der Waals surface area contributed by atoms with E-state index in [1.165, 1.54) is 11.1 Å². The number of aromatic nitrogens is 4. The summed E-state index contributed by atoms with van der Waals surface area (Å²) in [5.74, 6) is 0. The fourth-order valence-electron chi connectivity index (χ4n) is 8.11. The minimum atomic E-state index is -0.0252. The molecule has 0 radical (unpaired) electrons. The lowest BCUT2D eigenvalue weighted by Gasteiger charge is -2.13. The molecule has 0 atom stereocenters. The average Bonchev–Trinajstić information content (AvgIpc) is 3.94. The van der Waals surface area contributed by atoms with Crippen LogP contribution in [0.25, 0.3) is 79.8 Å². The number of aliphatic hydroxyl groups is 1. The van der Waals surface area contributed by atoms with Crippen molar-refractivity contribution in [3.05, 3.63) is 140 Å². The Morgan fingerprint density at radius 3 is 1.29 bits per heavy atom. The molecule has 6 heteroatoms. The van der Waals surface area contributed by atoms with E-state index in [0.29, 0.717) is 17.0 Å². The van der Waals surface area contributed by atoms with Crippen LogP contribution in [0.15, 0.2) is 72.8 Å². The molecule has 6 nitrogen and oxygen atoms in total. The molecule has 0 aliphatic carbocycles. The molecule has 6 aromatic rings. The number of hydrogen-bond acceptors (Lipinski definition) is 4. The molecule has 0 fully saturated rings. The number of carbonyl (C=O) groups excluding carboxylic acids is 1. The van der Waals surface area contributed by atoms with Crippen molar-refractivity contribution in [2.24, 2.45) is 0 Å². The third-order valence-electron chi connectivity index (χ3n) is 10.2. The number of aromatic amines is 2. The van der Waals surface area contributed by atoms with Gasteiger partial charge in [-0.3, -0.25) is 4.79 Å². The van der Waals surface area contributed by atoms with Gasteiger partial charge in [-0.1, -0.05) is 59.7 Å². The predicted octanol–water partition coefficient (Wildman–Crippen LogP) is 10.8. The Balaban J connectivity index is 1.58. The average molecular weight is 681 g/mol. The van der Waals surface area contributed by atoms with Crippen LogP contribution in [-0.2, 0) is 6.61 Å². The summed E-state index contributed by atoms with van der Waals surface area (Å²) < 4.78 is 0. The minimum absolute atomic E-state index is 0.0252. The molecular weight excluding hydrogens is 641 g/mol. The van der Waals surface area contributed by atoms with Gasteiger partial charge in [0.15, 0.2) is 6.29 Å². The van der Waals surface area contributed by atoms with Crippen LogP contribution in [0.3, 0.4) is 0 Å². The summed E-state index contributed by atoms with van der Waals surface area (Å²) in [6, 6.07) is 25.3. The maximum Gasteiger partial charge on any atom is 0.154 e. The molecule has 5 heterocycles. The van der Waals surface area contributed by atoms with Crippen molar-refractivity contribution in [1.29, 1.82) is 0 Å². The molecule has 2 aliphatic heterocycles. The fraction of sp³-hybridized carbons (Fsp3) is 0.152. The van der Waals surface area contributed by atoms with Gasteiger partial charge in [0.1, 0.15) is 0 Å². The highest BCUT2D eigenvalue weighted by atomic mass is 16.3. The summed E-state index contributed by atoms with van der Waals surface area (Å²) in [5.41, 5.74) is 20.8. The van der Waals surface area contributed by atoms with Crippen molar-refractivity contribution in [1.82, 2.24) is 19.9 Å². The Hall–Kier alpha value is -6.11. The topological polar surface area (TPSA) is 94.7 Å². The molecule has 8 bridgehead atoms. The van der Waals surface area contributed by atoms with Crippen LogP contribution in [0.2, 0.25) is 0 Å². The lowest BCUT2D eigenvalue weighted by Crippen LogP contribution is -1.96. The fourth-order valence-corrected chi connectivity index (χ4v) is 8.11. The maximum absolute atomic E-state index is 12.9. The van der Waals surface area contributed by atoms with Gasteiger partial charge in [-0.2, -0.15) is 0 Å². The lowest BCUT2D eigenvalue weighted by atomic mass is 9.92. The molecule has 0 saturated carbocycles. The van der Waals surface area contributed by atoms with Crippen LogP contribution in [0.1, 0.15) is 72.1 Å². The van der Waals surface area contributed by atoms with Gasteiger partial charge in [0, 0.05) is 38.8 Å². The highest BCUT2D eigenvalue weighted by Gasteiger charge is 2.21. The quantitative estimate of drug-likeness (QED) is 0.158.